The van der Waals surface area contributed by atoms with Gasteiger partial charge in [0.25, 0.3) is 0 Å². The summed E-state index contributed by atoms with van der Waals surface area (Å²) in [6.07, 6.45) is 3.28. The van der Waals surface area contributed by atoms with Crippen LogP contribution in [0.3, 0.4) is 0 Å². The summed E-state index contributed by atoms with van der Waals surface area (Å²) in [7, 11) is 0. The zero-order chi connectivity index (χ0) is 15.3. The maximum absolute atomic E-state index is 12.6. The standard InChI is InChI=1S/C17H19ClN2OS/c1-9-2-7-12-13(8-9)22-17-14(12)16(21)19-15(20-17)10-3-5-11(18)6-4-10/h3-6,9,14-15,17,20H,2,7-8H2,1H3,(H,19,21). The van der Waals surface area contributed by atoms with E-state index in [1.54, 1.807) is 0 Å². The van der Waals surface area contributed by atoms with Gasteiger partial charge in [-0.2, -0.15) is 0 Å². The fraction of sp³-hybridized carbons (Fsp3) is 0.471. The first kappa shape index (κ1) is 14.6. The van der Waals surface area contributed by atoms with Crippen molar-refractivity contribution >= 4 is 29.3 Å². The minimum absolute atomic E-state index is 0.0102. The molecule has 2 heterocycles. The van der Waals surface area contributed by atoms with Gasteiger partial charge in [0.1, 0.15) is 6.17 Å². The molecule has 2 aliphatic heterocycles. The van der Waals surface area contributed by atoms with Crippen molar-refractivity contribution in [2.45, 2.75) is 37.7 Å². The quantitative estimate of drug-likeness (QED) is 0.820. The zero-order valence-electron chi connectivity index (χ0n) is 12.4. The molecule has 1 fully saturated rings. The minimum atomic E-state index is -0.128. The highest BCUT2D eigenvalue weighted by Crippen LogP contribution is 2.50. The first-order chi connectivity index (χ1) is 10.6. The molecule has 0 saturated carbocycles. The number of nitrogens with one attached hydrogen (secondary N) is 2. The van der Waals surface area contributed by atoms with Gasteiger partial charge in [0, 0.05) is 5.02 Å². The highest BCUT2D eigenvalue weighted by Gasteiger charge is 2.45. The second-order valence-corrected chi connectivity index (χ2v) is 8.15. The van der Waals surface area contributed by atoms with Crippen LogP contribution in [0.5, 0.6) is 0 Å². The molecule has 3 nitrogen and oxygen atoms in total. The van der Waals surface area contributed by atoms with Gasteiger partial charge in [-0.1, -0.05) is 30.7 Å². The van der Waals surface area contributed by atoms with Crippen LogP contribution in [0.15, 0.2) is 34.7 Å². The van der Waals surface area contributed by atoms with E-state index in [9.17, 15) is 4.79 Å². The average Bonchev–Trinajstić information content (AvgIpc) is 2.85. The maximum atomic E-state index is 12.6. The van der Waals surface area contributed by atoms with Crippen molar-refractivity contribution in [3.8, 4) is 0 Å². The Morgan fingerprint density at radius 1 is 1.27 bits per heavy atom. The van der Waals surface area contributed by atoms with Crippen molar-refractivity contribution in [3.63, 3.8) is 0 Å². The van der Waals surface area contributed by atoms with Crippen LogP contribution in [-0.4, -0.2) is 11.3 Å². The number of carbonyl (C=O) groups excluding carboxylic acids is 1. The summed E-state index contributed by atoms with van der Waals surface area (Å²) >= 11 is 7.82. The third kappa shape index (κ3) is 2.47. The van der Waals surface area contributed by atoms with Crippen LogP contribution in [0.4, 0.5) is 0 Å². The third-order valence-electron chi connectivity index (χ3n) is 4.85. The van der Waals surface area contributed by atoms with E-state index in [1.807, 2.05) is 36.0 Å². The smallest absolute Gasteiger partial charge is 0.231 e. The fourth-order valence-electron chi connectivity index (χ4n) is 3.65. The molecule has 0 aromatic heterocycles. The lowest BCUT2D eigenvalue weighted by atomic mass is 9.83. The summed E-state index contributed by atoms with van der Waals surface area (Å²) in [5.74, 6) is 0.910. The van der Waals surface area contributed by atoms with Gasteiger partial charge in [0.2, 0.25) is 5.91 Å². The Hall–Kier alpha value is -0.970. The second-order valence-electron chi connectivity index (χ2n) is 6.47. The molecule has 116 valence electrons. The van der Waals surface area contributed by atoms with Crippen molar-refractivity contribution in [3.05, 3.63) is 45.3 Å². The van der Waals surface area contributed by atoms with Crippen LogP contribution in [0, 0.1) is 11.8 Å². The topological polar surface area (TPSA) is 41.1 Å². The van der Waals surface area contributed by atoms with Crippen molar-refractivity contribution in [2.24, 2.45) is 11.8 Å². The summed E-state index contributed by atoms with van der Waals surface area (Å²) in [5.41, 5.74) is 2.43. The van der Waals surface area contributed by atoms with Crippen molar-refractivity contribution in [2.75, 3.05) is 0 Å². The van der Waals surface area contributed by atoms with E-state index in [1.165, 1.54) is 16.9 Å². The molecule has 4 rings (SSSR count). The van der Waals surface area contributed by atoms with E-state index < -0.39 is 0 Å². The Balaban J connectivity index is 1.56. The number of fused-ring (bicyclic) bond motifs is 2. The molecule has 1 aromatic carbocycles. The molecule has 3 aliphatic rings. The summed E-state index contributed by atoms with van der Waals surface area (Å²) in [5, 5.41) is 7.61. The van der Waals surface area contributed by atoms with Gasteiger partial charge in [0.15, 0.2) is 0 Å². The average molecular weight is 335 g/mol. The number of allylic oxidation sites excluding steroid dienone is 1. The molecule has 1 aromatic rings. The third-order valence-corrected chi connectivity index (χ3v) is 6.48. The van der Waals surface area contributed by atoms with E-state index in [4.69, 9.17) is 11.6 Å². The lowest BCUT2D eigenvalue weighted by molar-refractivity contribution is -0.127. The second kappa shape index (κ2) is 5.59. The van der Waals surface area contributed by atoms with Gasteiger partial charge in [-0.05, 0) is 53.4 Å². The molecular formula is C17H19ClN2OS. The Morgan fingerprint density at radius 2 is 2.05 bits per heavy atom. The summed E-state index contributed by atoms with van der Waals surface area (Å²) in [6, 6.07) is 7.67. The van der Waals surface area contributed by atoms with Crippen LogP contribution in [-0.2, 0) is 4.79 Å². The SMILES string of the molecule is CC1CCC2=C(C1)SC1NC(c3ccc(Cl)cc3)NC(=O)C21. The Kier molecular flexibility index (Phi) is 3.71. The monoisotopic (exact) mass is 334 g/mol. The van der Waals surface area contributed by atoms with Crippen molar-refractivity contribution in [1.82, 2.24) is 10.6 Å². The first-order valence-corrected chi connectivity index (χ1v) is 9.08. The van der Waals surface area contributed by atoms with Crippen LogP contribution >= 0.6 is 23.4 Å². The Labute approximate surface area is 139 Å². The summed E-state index contributed by atoms with van der Waals surface area (Å²) in [6.45, 7) is 2.30. The fourth-order valence-corrected chi connectivity index (χ4v) is 5.47. The van der Waals surface area contributed by atoms with Crippen LogP contribution in [0.1, 0.15) is 37.9 Å². The van der Waals surface area contributed by atoms with Crippen LogP contribution < -0.4 is 10.6 Å². The van der Waals surface area contributed by atoms with E-state index in [0.717, 1.165) is 24.3 Å². The number of benzene rings is 1. The Bertz CT molecular complexity index is 643. The number of carbonyl (C=O) groups is 1. The van der Waals surface area contributed by atoms with Crippen LogP contribution in [0.2, 0.25) is 5.02 Å². The van der Waals surface area contributed by atoms with Gasteiger partial charge in [-0.15, -0.1) is 11.8 Å². The number of hydrogen-bond donors (Lipinski definition) is 2. The minimum Gasteiger partial charge on any atom is -0.336 e. The molecule has 5 heteroatoms. The molecule has 0 spiro atoms. The highest BCUT2D eigenvalue weighted by molar-refractivity contribution is 8.04. The van der Waals surface area contributed by atoms with Crippen molar-refractivity contribution in [1.29, 1.82) is 0 Å². The predicted octanol–water partition coefficient (Wildman–Crippen LogP) is 3.82. The molecule has 1 aliphatic carbocycles. The van der Waals surface area contributed by atoms with Gasteiger partial charge in [-0.3, -0.25) is 10.1 Å². The highest BCUT2D eigenvalue weighted by atomic mass is 35.5. The molecule has 4 atom stereocenters. The van der Waals surface area contributed by atoms with Gasteiger partial charge in [-0.25, -0.2) is 0 Å². The number of rotatable bonds is 1. The van der Waals surface area contributed by atoms with Crippen molar-refractivity contribution < 1.29 is 4.79 Å². The van der Waals surface area contributed by atoms with Crippen LogP contribution in [0.25, 0.3) is 0 Å². The van der Waals surface area contributed by atoms with E-state index >= 15 is 0 Å². The number of hydrogen-bond acceptors (Lipinski definition) is 3. The lowest BCUT2D eigenvalue weighted by Crippen LogP contribution is -2.54. The lowest BCUT2D eigenvalue weighted by Gasteiger charge is -2.34. The molecule has 1 amide bonds. The molecule has 1 saturated heterocycles. The number of amides is 1. The predicted molar refractivity (Wildman–Crippen MR) is 90.4 cm³/mol. The number of thioether (sulfide) groups is 1. The molecule has 22 heavy (non-hydrogen) atoms. The van der Waals surface area contributed by atoms with Gasteiger partial charge >= 0.3 is 0 Å². The largest absolute Gasteiger partial charge is 0.336 e. The number of halogens is 1. The van der Waals surface area contributed by atoms with Gasteiger partial charge < -0.3 is 5.32 Å². The Morgan fingerprint density at radius 3 is 2.82 bits per heavy atom. The normalized spacial score (nSPS) is 34.2. The molecule has 2 N–H and O–H groups in total. The summed E-state index contributed by atoms with van der Waals surface area (Å²) < 4.78 is 0. The molecule has 0 radical (unpaired) electrons. The van der Waals surface area contributed by atoms with E-state index in [2.05, 4.69) is 17.6 Å². The van der Waals surface area contributed by atoms with E-state index in [-0.39, 0.29) is 23.4 Å². The zero-order valence-corrected chi connectivity index (χ0v) is 14.0. The molecular weight excluding hydrogens is 316 g/mol. The summed E-state index contributed by atoms with van der Waals surface area (Å²) in [4.78, 5) is 14.1. The molecule has 0 bridgehead atoms. The molecule has 4 unspecified atom stereocenters. The first-order valence-electron chi connectivity index (χ1n) is 7.82. The maximum Gasteiger partial charge on any atom is 0.231 e. The van der Waals surface area contributed by atoms with Gasteiger partial charge in [0.05, 0.1) is 11.3 Å². The van der Waals surface area contributed by atoms with E-state index in [0.29, 0.717) is 5.02 Å².